The van der Waals surface area contributed by atoms with Gasteiger partial charge in [-0.15, -0.1) is 0 Å². The van der Waals surface area contributed by atoms with Crippen molar-refractivity contribution in [3.8, 4) is 0 Å². The highest BCUT2D eigenvalue weighted by Crippen LogP contribution is 2.19. The highest BCUT2D eigenvalue weighted by Gasteiger charge is 2.15. The van der Waals surface area contributed by atoms with Crippen LogP contribution in [0.2, 0.25) is 0 Å². The van der Waals surface area contributed by atoms with Gasteiger partial charge in [-0.1, -0.05) is 36.4 Å². The number of nitrogens with zero attached hydrogens (tertiary/aromatic N) is 1. The van der Waals surface area contributed by atoms with E-state index in [2.05, 4.69) is 0 Å². The topological polar surface area (TPSA) is 46.3 Å². The van der Waals surface area contributed by atoms with E-state index >= 15 is 0 Å². The van der Waals surface area contributed by atoms with E-state index in [4.69, 9.17) is 5.73 Å². The maximum absolute atomic E-state index is 12.4. The summed E-state index contributed by atoms with van der Waals surface area (Å²) in [4.78, 5) is 14.0. The lowest BCUT2D eigenvalue weighted by Gasteiger charge is -2.20. The lowest BCUT2D eigenvalue weighted by Crippen LogP contribution is -2.37. The quantitative estimate of drug-likeness (QED) is 0.897. The van der Waals surface area contributed by atoms with Gasteiger partial charge in [0.1, 0.15) is 0 Å². The highest BCUT2D eigenvalue weighted by atomic mass is 16.2. The van der Waals surface area contributed by atoms with Gasteiger partial charge in [0.05, 0.1) is 0 Å². The number of hydrogen-bond acceptors (Lipinski definition) is 2. The van der Waals surface area contributed by atoms with Crippen molar-refractivity contribution < 1.29 is 4.79 Å². The van der Waals surface area contributed by atoms with E-state index in [-0.39, 0.29) is 11.9 Å². The normalized spacial score (nSPS) is 12.4. The molecule has 2 aromatic rings. The molecule has 0 aliphatic heterocycles. The van der Waals surface area contributed by atoms with Crippen molar-refractivity contribution in [2.45, 2.75) is 13.0 Å². The number of benzene rings is 2. The van der Waals surface area contributed by atoms with Gasteiger partial charge < -0.3 is 10.6 Å². The molecule has 0 heterocycles. The van der Waals surface area contributed by atoms with Gasteiger partial charge in [0.2, 0.25) is 0 Å². The van der Waals surface area contributed by atoms with Gasteiger partial charge in [-0.3, -0.25) is 4.79 Å². The van der Waals surface area contributed by atoms with Gasteiger partial charge >= 0.3 is 0 Å². The van der Waals surface area contributed by atoms with Crippen LogP contribution in [0, 0.1) is 0 Å². The molecule has 0 aliphatic rings. The van der Waals surface area contributed by atoms with E-state index in [0.717, 1.165) is 16.3 Å². The lowest BCUT2D eigenvalue weighted by molar-refractivity contribution is 0.0791. The van der Waals surface area contributed by atoms with Crippen molar-refractivity contribution in [2.75, 3.05) is 13.6 Å². The molecule has 0 aromatic heterocycles. The van der Waals surface area contributed by atoms with Crippen LogP contribution in [0.5, 0.6) is 0 Å². The molecule has 0 aliphatic carbocycles. The summed E-state index contributed by atoms with van der Waals surface area (Å²) < 4.78 is 0. The number of carbonyl (C=O) groups is 1. The molecule has 1 amide bonds. The zero-order chi connectivity index (χ0) is 13.1. The van der Waals surface area contributed by atoms with Gasteiger partial charge in [0.25, 0.3) is 5.91 Å². The molecular weight excluding hydrogens is 224 g/mol. The summed E-state index contributed by atoms with van der Waals surface area (Å²) in [7, 11) is 1.79. The molecule has 0 spiro atoms. The minimum Gasteiger partial charge on any atom is -0.340 e. The first-order chi connectivity index (χ1) is 8.59. The Balaban J connectivity index is 2.39. The van der Waals surface area contributed by atoms with Crippen LogP contribution in [-0.4, -0.2) is 30.4 Å². The monoisotopic (exact) mass is 242 g/mol. The molecule has 3 nitrogen and oxygen atoms in total. The van der Waals surface area contributed by atoms with Crippen LogP contribution in [0.4, 0.5) is 0 Å². The summed E-state index contributed by atoms with van der Waals surface area (Å²) in [5, 5.41) is 2.07. The SMILES string of the molecule is CC(N)CN(C)C(=O)c1cccc2ccccc12. The van der Waals surface area contributed by atoms with Crippen molar-refractivity contribution >= 4 is 16.7 Å². The zero-order valence-corrected chi connectivity index (χ0v) is 10.8. The summed E-state index contributed by atoms with van der Waals surface area (Å²) in [5.74, 6) is 0.0177. The largest absolute Gasteiger partial charge is 0.340 e. The van der Waals surface area contributed by atoms with Crippen molar-refractivity contribution in [3.63, 3.8) is 0 Å². The fourth-order valence-corrected chi connectivity index (χ4v) is 2.13. The average molecular weight is 242 g/mol. The first kappa shape index (κ1) is 12.6. The van der Waals surface area contributed by atoms with Gasteiger partial charge in [-0.2, -0.15) is 0 Å². The summed E-state index contributed by atoms with van der Waals surface area (Å²) >= 11 is 0. The zero-order valence-electron chi connectivity index (χ0n) is 10.8. The van der Waals surface area contributed by atoms with Crippen LogP contribution in [0.3, 0.4) is 0 Å². The summed E-state index contributed by atoms with van der Waals surface area (Å²) in [5.41, 5.74) is 6.46. The maximum Gasteiger partial charge on any atom is 0.254 e. The number of rotatable bonds is 3. The van der Waals surface area contributed by atoms with Crippen LogP contribution in [0.1, 0.15) is 17.3 Å². The minimum atomic E-state index is -0.0195. The summed E-state index contributed by atoms with van der Waals surface area (Å²) in [6, 6.07) is 13.7. The molecule has 0 saturated heterocycles. The molecular formula is C15H18N2O. The molecule has 2 N–H and O–H groups in total. The average Bonchev–Trinajstić information content (AvgIpc) is 2.36. The van der Waals surface area contributed by atoms with Crippen molar-refractivity contribution in [1.82, 2.24) is 4.90 Å². The van der Waals surface area contributed by atoms with Gasteiger partial charge in [0, 0.05) is 25.2 Å². The standard InChI is InChI=1S/C15H18N2O/c1-11(16)10-17(2)15(18)14-9-5-7-12-6-3-4-8-13(12)14/h3-9,11H,10,16H2,1-2H3. The Bertz CT molecular complexity index is 558. The van der Waals surface area contributed by atoms with Crippen LogP contribution in [-0.2, 0) is 0 Å². The van der Waals surface area contributed by atoms with Gasteiger partial charge in [-0.25, -0.2) is 0 Å². The molecule has 1 unspecified atom stereocenters. The number of amides is 1. The number of carbonyl (C=O) groups excluding carboxylic acids is 1. The molecule has 0 fully saturated rings. The third-order valence-electron chi connectivity index (χ3n) is 2.93. The smallest absolute Gasteiger partial charge is 0.254 e. The van der Waals surface area contributed by atoms with Crippen molar-refractivity contribution in [1.29, 1.82) is 0 Å². The molecule has 0 bridgehead atoms. The van der Waals surface area contributed by atoms with Crippen molar-refractivity contribution in [2.24, 2.45) is 5.73 Å². The van der Waals surface area contributed by atoms with E-state index < -0.39 is 0 Å². The second-order valence-corrected chi connectivity index (χ2v) is 4.69. The third kappa shape index (κ3) is 2.51. The van der Waals surface area contributed by atoms with Crippen LogP contribution >= 0.6 is 0 Å². The van der Waals surface area contributed by atoms with Gasteiger partial charge in [-0.05, 0) is 23.8 Å². The number of nitrogens with two attached hydrogens (primary N) is 1. The first-order valence-electron chi connectivity index (χ1n) is 6.08. The van der Waals surface area contributed by atoms with E-state index in [9.17, 15) is 4.79 Å². The van der Waals surface area contributed by atoms with E-state index in [1.807, 2.05) is 49.4 Å². The van der Waals surface area contributed by atoms with E-state index in [1.165, 1.54) is 0 Å². The predicted molar refractivity (Wildman–Crippen MR) is 74.6 cm³/mol. The molecule has 0 saturated carbocycles. The van der Waals surface area contributed by atoms with Crippen LogP contribution < -0.4 is 5.73 Å². The number of fused-ring (bicyclic) bond motifs is 1. The van der Waals surface area contributed by atoms with Gasteiger partial charge in [0.15, 0.2) is 0 Å². The third-order valence-corrected chi connectivity index (χ3v) is 2.93. The van der Waals surface area contributed by atoms with E-state index in [1.54, 1.807) is 11.9 Å². The molecule has 3 heteroatoms. The predicted octanol–water partition coefficient (Wildman–Crippen LogP) is 2.26. The molecule has 0 radical (unpaired) electrons. The Morgan fingerprint density at radius 3 is 2.61 bits per heavy atom. The Kier molecular flexibility index (Phi) is 3.63. The molecule has 94 valence electrons. The second-order valence-electron chi connectivity index (χ2n) is 4.69. The van der Waals surface area contributed by atoms with Crippen LogP contribution in [0.25, 0.3) is 10.8 Å². The molecule has 1 atom stereocenters. The summed E-state index contributed by atoms with van der Waals surface area (Å²) in [6.07, 6.45) is 0. The second kappa shape index (κ2) is 5.19. The van der Waals surface area contributed by atoms with Crippen molar-refractivity contribution in [3.05, 3.63) is 48.0 Å². The Morgan fingerprint density at radius 1 is 1.22 bits per heavy atom. The van der Waals surface area contributed by atoms with Crippen LogP contribution in [0.15, 0.2) is 42.5 Å². The molecule has 18 heavy (non-hydrogen) atoms. The Labute approximate surface area is 107 Å². The molecule has 2 rings (SSSR count). The Hall–Kier alpha value is -1.87. The highest BCUT2D eigenvalue weighted by molar-refractivity contribution is 6.06. The minimum absolute atomic E-state index is 0.0177. The number of likely N-dealkylation sites (N-methyl/N-ethyl adjacent to an activating group) is 1. The fraction of sp³-hybridized carbons (Fsp3) is 0.267. The van der Waals surface area contributed by atoms with E-state index in [0.29, 0.717) is 6.54 Å². The Morgan fingerprint density at radius 2 is 1.89 bits per heavy atom. The summed E-state index contributed by atoms with van der Waals surface area (Å²) in [6.45, 7) is 2.45. The fourth-order valence-electron chi connectivity index (χ4n) is 2.13. The number of hydrogen-bond donors (Lipinski definition) is 1. The maximum atomic E-state index is 12.4. The molecule has 2 aromatic carbocycles. The lowest BCUT2D eigenvalue weighted by atomic mass is 10.0. The first-order valence-corrected chi connectivity index (χ1v) is 6.08.